The van der Waals surface area contributed by atoms with E-state index in [0.29, 0.717) is 4.31 Å². The molecule has 0 aliphatic rings. The fourth-order valence-electron chi connectivity index (χ4n) is 2.26. The lowest BCUT2D eigenvalue weighted by atomic mass is 10.3. The van der Waals surface area contributed by atoms with Gasteiger partial charge in [0.2, 0.25) is 5.91 Å². The molecule has 0 aliphatic heterocycles. The van der Waals surface area contributed by atoms with E-state index in [1.165, 1.54) is 6.07 Å². The monoisotopic (exact) mass is 446 g/mol. The van der Waals surface area contributed by atoms with E-state index in [1.54, 1.807) is 0 Å². The number of nitro groups is 1. The Morgan fingerprint density at radius 3 is 2.14 bits per heavy atom. The summed E-state index contributed by atoms with van der Waals surface area (Å²) in [4.78, 5) is 32.9. The van der Waals surface area contributed by atoms with Gasteiger partial charge in [-0.25, -0.2) is 12.7 Å². The lowest BCUT2D eigenvalue weighted by molar-refractivity contribution is -0.385. The molecule has 0 saturated heterocycles. The van der Waals surface area contributed by atoms with Gasteiger partial charge in [0.05, 0.1) is 25.6 Å². The number of halogens is 2. The minimum absolute atomic E-state index is 0.198. The molecule has 0 unspecified atom stereocenters. The number of anilines is 1. The van der Waals surface area contributed by atoms with Crippen molar-refractivity contribution in [3.05, 3.63) is 56.6 Å². The number of hydrogen-bond donors (Lipinski definition) is 0. The second-order valence-corrected chi connectivity index (χ2v) is 7.98. The fourth-order valence-corrected chi connectivity index (χ4v) is 4.26. The van der Waals surface area contributed by atoms with E-state index < -0.39 is 37.4 Å². The Morgan fingerprint density at radius 2 is 1.68 bits per heavy atom. The number of benzene rings is 2. The Kier molecular flexibility index (Phi) is 6.27. The number of nitro benzene ring substituents is 1. The number of esters is 1. The molecule has 0 bridgehead atoms. The van der Waals surface area contributed by atoms with Crippen molar-refractivity contribution in [2.45, 2.75) is 18.7 Å². The van der Waals surface area contributed by atoms with E-state index in [4.69, 9.17) is 27.9 Å². The molecular weight excluding hydrogens is 435 g/mol. The van der Waals surface area contributed by atoms with Gasteiger partial charge >= 0.3 is 5.97 Å². The molecular formula is C16H12Cl2N2O7S. The fraction of sp³-hybridized carbons (Fsp3) is 0.125. The SMILES string of the molecule is CC(=O)Oc1c(Cl)cc(N(C(C)=O)S(=O)(=O)c2cccc([N+](=O)[O-])c2)cc1Cl. The highest BCUT2D eigenvalue weighted by Crippen LogP contribution is 2.39. The lowest BCUT2D eigenvalue weighted by Gasteiger charge is -2.22. The number of carbonyl (C=O) groups excluding carboxylic acids is 2. The molecule has 0 fully saturated rings. The smallest absolute Gasteiger partial charge is 0.308 e. The highest BCUT2D eigenvalue weighted by atomic mass is 35.5. The average Bonchev–Trinajstić information content (AvgIpc) is 2.57. The molecule has 28 heavy (non-hydrogen) atoms. The largest absolute Gasteiger partial charge is 0.424 e. The van der Waals surface area contributed by atoms with Gasteiger partial charge in [0.1, 0.15) is 0 Å². The Morgan fingerprint density at radius 1 is 1.11 bits per heavy atom. The number of carbonyl (C=O) groups is 2. The highest BCUT2D eigenvalue weighted by Gasteiger charge is 2.31. The Labute approximate surface area is 169 Å². The predicted octanol–water partition coefficient (Wildman–Crippen LogP) is 3.57. The van der Waals surface area contributed by atoms with Crippen molar-refractivity contribution in [3.63, 3.8) is 0 Å². The second-order valence-electron chi connectivity index (χ2n) is 5.38. The van der Waals surface area contributed by atoms with Crippen LogP contribution in [-0.2, 0) is 19.6 Å². The van der Waals surface area contributed by atoms with Crippen LogP contribution < -0.4 is 9.04 Å². The zero-order valence-electron chi connectivity index (χ0n) is 14.4. The van der Waals surface area contributed by atoms with Crippen LogP contribution in [-0.4, -0.2) is 25.2 Å². The molecule has 9 nitrogen and oxygen atoms in total. The number of non-ortho nitro benzene ring substituents is 1. The normalized spacial score (nSPS) is 11.0. The van der Waals surface area contributed by atoms with Crippen LogP contribution in [0.5, 0.6) is 5.75 Å². The van der Waals surface area contributed by atoms with Crippen LogP contribution in [0.4, 0.5) is 11.4 Å². The summed E-state index contributed by atoms with van der Waals surface area (Å²) in [6.45, 7) is 2.10. The molecule has 0 N–H and O–H groups in total. The molecule has 0 saturated carbocycles. The van der Waals surface area contributed by atoms with Crippen molar-refractivity contribution >= 4 is 56.5 Å². The molecule has 0 heterocycles. The number of rotatable bonds is 5. The molecule has 0 radical (unpaired) electrons. The molecule has 2 rings (SSSR count). The van der Waals surface area contributed by atoms with Crippen molar-refractivity contribution in [3.8, 4) is 5.75 Å². The van der Waals surface area contributed by atoms with E-state index in [9.17, 15) is 28.1 Å². The first-order valence-electron chi connectivity index (χ1n) is 7.43. The van der Waals surface area contributed by atoms with E-state index in [-0.39, 0.29) is 21.5 Å². The van der Waals surface area contributed by atoms with Gasteiger partial charge in [-0.1, -0.05) is 29.3 Å². The molecule has 1 amide bonds. The zero-order valence-corrected chi connectivity index (χ0v) is 16.7. The van der Waals surface area contributed by atoms with Crippen molar-refractivity contribution in [1.29, 1.82) is 0 Å². The molecule has 0 spiro atoms. The summed E-state index contributed by atoms with van der Waals surface area (Å²) in [7, 11) is -4.52. The van der Waals surface area contributed by atoms with Crippen molar-refractivity contribution in [2.75, 3.05) is 4.31 Å². The standard InChI is InChI=1S/C16H12Cl2N2O7S/c1-9(21)19(12-7-14(17)16(15(18)8-12)27-10(2)22)28(25,26)13-5-3-4-11(6-13)20(23)24/h3-8H,1-2H3. The first-order chi connectivity index (χ1) is 12.9. The molecule has 0 aliphatic carbocycles. The summed E-state index contributed by atoms with van der Waals surface area (Å²) < 4.78 is 31.1. The third-order valence-corrected chi connectivity index (χ3v) is 5.68. The van der Waals surface area contributed by atoms with E-state index in [1.807, 2.05) is 0 Å². The summed E-state index contributed by atoms with van der Waals surface area (Å²) in [5.41, 5.74) is -0.698. The number of nitrogens with zero attached hydrogens (tertiary/aromatic N) is 2. The first-order valence-corrected chi connectivity index (χ1v) is 9.62. The molecule has 12 heteroatoms. The molecule has 0 aromatic heterocycles. The van der Waals surface area contributed by atoms with Crippen LogP contribution >= 0.6 is 23.2 Å². The quantitative estimate of drug-likeness (QED) is 0.297. The Hall–Kier alpha value is -2.69. The summed E-state index contributed by atoms with van der Waals surface area (Å²) in [5, 5.41) is 10.5. The lowest BCUT2D eigenvalue weighted by Crippen LogP contribution is -2.35. The minimum atomic E-state index is -4.52. The van der Waals surface area contributed by atoms with Gasteiger partial charge in [-0.2, -0.15) is 0 Å². The number of ether oxygens (including phenoxy) is 1. The van der Waals surface area contributed by atoms with E-state index >= 15 is 0 Å². The van der Waals surface area contributed by atoms with Gasteiger partial charge in [0.25, 0.3) is 15.7 Å². The summed E-state index contributed by atoms with van der Waals surface area (Å²) in [6.07, 6.45) is 0. The highest BCUT2D eigenvalue weighted by molar-refractivity contribution is 7.93. The van der Waals surface area contributed by atoms with E-state index in [0.717, 1.165) is 44.2 Å². The Bertz CT molecular complexity index is 1060. The van der Waals surface area contributed by atoms with Gasteiger partial charge in [0, 0.05) is 26.0 Å². The van der Waals surface area contributed by atoms with Crippen LogP contribution in [0.3, 0.4) is 0 Å². The maximum Gasteiger partial charge on any atom is 0.308 e. The molecule has 148 valence electrons. The van der Waals surface area contributed by atoms with Gasteiger partial charge in [-0.3, -0.25) is 19.7 Å². The second kappa shape index (κ2) is 8.13. The van der Waals surface area contributed by atoms with Crippen molar-refractivity contribution in [2.24, 2.45) is 0 Å². The topological polar surface area (TPSA) is 124 Å². The predicted molar refractivity (Wildman–Crippen MR) is 101 cm³/mol. The third-order valence-electron chi connectivity index (χ3n) is 3.32. The van der Waals surface area contributed by atoms with Crippen LogP contribution in [0.1, 0.15) is 13.8 Å². The molecule has 2 aromatic rings. The van der Waals surface area contributed by atoms with Crippen molar-refractivity contribution in [1.82, 2.24) is 0 Å². The van der Waals surface area contributed by atoms with Crippen molar-refractivity contribution < 1.29 is 27.7 Å². The van der Waals surface area contributed by atoms with Crippen LogP contribution in [0.2, 0.25) is 10.0 Å². The maximum atomic E-state index is 12.9. The van der Waals surface area contributed by atoms with Crippen LogP contribution in [0, 0.1) is 10.1 Å². The van der Waals surface area contributed by atoms with Gasteiger partial charge in [-0.15, -0.1) is 0 Å². The summed E-state index contributed by atoms with van der Waals surface area (Å²) in [5.74, 6) is -1.82. The number of hydrogen-bond acceptors (Lipinski definition) is 7. The van der Waals surface area contributed by atoms with Gasteiger partial charge in [-0.05, 0) is 18.2 Å². The zero-order chi connectivity index (χ0) is 21.2. The number of sulfonamides is 1. The minimum Gasteiger partial charge on any atom is -0.424 e. The third kappa shape index (κ3) is 4.41. The van der Waals surface area contributed by atoms with Crippen LogP contribution in [0.25, 0.3) is 0 Å². The Balaban J connectivity index is 2.63. The van der Waals surface area contributed by atoms with Crippen LogP contribution in [0.15, 0.2) is 41.3 Å². The number of amides is 1. The summed E-state index contributed by atoms with van der Waals surface area (Å²) in [6, 6.07) is 6.35. The first kappa shape index (κ1) is 21.6. The summed E-state index contributed by atoms with van der Waals surface area (Å²) >= 11 is 12.0. The molecule has 2 aromatic carbocycles. The van der Waals surface area contributed by atoms with Gasteiger partial charge < -0.3 is 4.74 Å². The van der Waals surface area contributed by atoms with E-state index in [2.05, 4.69) is 0 Å². The van der Waals surface area contributed by atoms with Gasteiger partial charge in [0.15, 0.2) is 5.75 Å². The average molecular weight is 447 g/mol. The molecule has 0 atom stereocenters. The maximum absolute atomic E-state index is 12.9.